The highest BCUT2D eigenvalue weighted by Crippen LogP contribution is 2.19. The molecule has 0 unspecified atom stereocenters. The molecule has 22 heavy (non-hydrogen) atoms. The van der Waals surface area contributed by atoms with E-state index in [0.29, 0.717) is 23.8 Å². The van der Waals surface area contributed by atoms with E-state index in [1.807, 2.05) is 30.3 Å². The van der Waals surface area contributed by atoms with Gasteiger partial charge in [-0.2, -0.15) is 0 Å². The first-order chi connectivity index (χ1) is 10.4. The van der Waals surface area contributed by atoms with Crippen LogP contribution in [0.4, 0.5) is 0 Å². The largest absolute Gasteiger partial charge is 0.261 e. The zero-order chi connectivity index (χ0) is 16.2. The summed E-state index contributed by atoms with van der Waals surface area (Å²) in [6.45, 7) is 4.58. The number of rotatable bonds is 6. The first-order valence-corrected chi connectivity index (χ1v) is 8.81. The van der Waals surface area contributed by atoms with Crippen LogP contribution in [0.5, 0.6) is 0 Å². The van der Waals surface area contributed by atoms with Gasteiger partial charge in [-0.15, -0.1) is 0 Å². The lowest BCUT2D eigenvalue weighted by Crippen LogP contribution is -2.29. The monoisotopic (exact) mass is 318 g/mol. The topological polar surface area (TPSA) is 50.3 Å². The van der Waals surface area contributed by atoms with Gasteiger partial charge in [0.15, 0.2) is 0 Å². The molecule has 1 aromatic heterocycles. The molecule has 2 rings (SSSR count). The fraction of sp³-hybridized carbons (Fsp3) is 0.353. The molecule has 0 aliphatic carbocycles. The molecule has 0 saturated heterocycles. The predicted molar refractivity (Wildman–Crippen MR) is 88.3 cm³/mol. The highest BCUT2D eigenvalue weighted by Gasteiger charge is 2.20. The Morgan fingerprint density at radius 2 is 1.77 bits per heavy atom. The van der Waals surface area contributed by atoms with Crippen molar-refractivity contribution in [3.63, 3.8) is 0 Å². The minimum absolute atomic E-state index is 0.334. The van der Waals surface area contributed by atoms with Crippen LogP contribution in [0.2, 0.25) is 0 Å². The number of pyridine rings is 1. The second-order valence-electron chi connectivity index (χ2n) is 5.62. The Kier molecular flexibility index (Phi) is 5.32. The van der Waals surface area contributed by atoms with E-state index in [1.54, 1.807) is 25.4 Å². The van der Waals surface area contributed by atoms with E-state index in [9.17, 15) is 8.42 Å². The van der Waals surface area contributed by atoms with E-state index in [4.69, 9.17) is 0 Å². The van der Waals surface area contributed by atoms with Crippen molar-refractivity contribution < 1.29 is 8.42 Å². The molecule has 0 radical (unpaired) electrons. The van der Waals surface area contributed by atoms with Crippen LogP contribution in [-0.4, -0.2) is 31.3 Å². The van der Waals surface area contributed by atoms with E-state index in [-0.39, 0.29) is 0 Å². The fourth-order valence-electron chi connectivity index (χ4n) is 2.14. The molecule has 4 nitrogen and oxygen atoms in total. The number of benzene rings is 1. The summed E-state index contributed by atoms with van der Waals surface area (Å²) in [5.41, 5.74) is 2.02. The van der Waals surface area contributed by atoms with Crippen LogP contribution in [0.1, 0.15) is 31.0 Å². The van der Waals surface area contributed by atoms with Gasteiger partial charge < -0.3 is 0 Å². The second kappa shape index (κ2) is 7.03. The Labute approximate surface area is 132 Å². The van der Waals surface area contributed by atoms with Gasteiger partial charge >= 0.3 is 0 Å². The van der Waals surface area contributed by atoms with E-state index in [1.165, 1.54) is 4.31 Å². The zero-order valence-corrected chi connectivity index (χ0v) is 14.0. The maximum Gasteiger partial charge on any atom is 0.242 e. The standard InChI is InChI=1S/C17H22N2O2S/c1-14(2)15-7-9-17(10-8-15)22(20,21)19(3)13-11-16-6-4-5-12-18-16/h4-10,12,14H,11,13H2,1-3H3. The Morgan fingerprint density at radius 1 is 1.09 bits per heavy atom. The van der Waals surface area contributed by atoms with Gasteiger partial charge in [0.2, 0.25) is 10.0 Å². The van der Waals surface area contributed by atoms with Crippen molar-refractivity contribution in [2.24, 2.45) is 0 Å². The van der Waals surface area contributed by atoms with Crippen LogP contribution >= 0.6 is 0 Å². The van der Waals surface area contributed by atoms with Gasteiger partial charge in [-0.1, -0.05) is 32.0 Å². The molecular weight excluding hydrogens is 296 g/mol. The molecule has 0 saturated carbocycles. The molecule has 1 aromatic carbocycles. The summed E-state index contributed by atoms with van der Waals surface area (Å²) < 4.78 is 26.5. The number of sulfonamides is 1. The Balaban J connectivity index is 2.08. The summed E-state index contributed by atoms with van der Waals surface area (Å²) >= 11 is 0. The third-order valence-electron chi connectivity index (χ3n) is 3.66. The summed E-state index contributed by atoms with van der Waals surface area (Å²) in [6, 6.07) is 12.8. The maximum absolute atomic E-state index is 12.5. The lowest BCUT2D eigenvalue weighted by Gasteiger charge is -2.17. The third-order valence-corrected chi connectivity index (χ3v) is 5.54. The molecule has 0 aliphatic rings. The number of likely N-dealkylation sites (N-methyl/N-ethyl adjacent to an activating group) is 1. The minimum atomic E-state index is -3.45. The average molecular weight is 318 g/mol. The van der Waals surface area contributed by atoms with Gasteiger partial charge in [0.25, 0.3) is 0 Å². The molecule has 0 atom stereocenters. The number of hydrogen-bond donors (Lipinski definition) is 0. The molecule has 118 valence electrons. The van der Waals surface area contributed by atoms with Gasteiger partial charge in [0.1, 0.15) is 0 Å². The maximum atomic E-state index is 12.5. The summed E-state index contributed by atoms with van der Waals surface area (Å²) in [6.07, 6.45) is 2.31. The normalized spacial score (nSPS) is 12.0. The molecule has 0 amide bonds. The molecule has 0 spiro atoms. The van der Waals surface area contributed by atoms with Crippen LogP contribution in [0.15, 0.2) is 53.6 Å². The quantitative estimate of drug-likeness (QED) is 0.822. The average Bonchev–Trinajstić information content (AvgIpc) is 2.53. The molecule has 0 fully saturated rings. The summed E-state index contributed by atoms with van der Waals surface area (Å²) in [7, 11) is -1.84. The fourth-order valence-corrected chi connectivity index (χ4v) is 3.31. The molecule has 2 aromatic rings. The van der Waals surface area contributed by atoms with E-state index in [2.05, 4.69) is 18.8 Å². The van der Waals surface area contributed by atoms with Crippen LogP contribution in [0, 0.1) is 0 Å². The van der Waals surface area contributed by atoms with Crippen molar-refractivity contribution in [2.75, 3.05) is 13.6 Å². The van der Waals surface area contributed by atoms with Gasteiger partial charge in [0, 0.05) is 31.9 Å². The van der Waals surface area contributed by atoms with Crippen LogP contribution in [0.25, 0.3) is 0 Å². The molecular formula is C17H22N2O2S. The summed E-state index contributed by atoms with van der Waals surface area (Å²) in [5, 5.41) is 0. The highest BCUT2D eigenvalue weighted by atomic mass is 32.2. The first-order valence-electron chi connectivity index (χ1n) is 7.37. The van der Waals surface area contributed by atoms with E-state index in [0.717, 1.165) is 11.3 Å². The number of aromatic nitrogens is 1. The molecule has 1 heterocycles. The van der Waals surface area contributed by atoms with Crippen LogP contribution in [-0.2, 0) is 16.4 Å². The third kappa shape index (κ3) is 3.93. The molecule has 0 aliphatic heterocycles. The van der Waals surface area contributed by atoms with Crippen LogP contribution < -0.4 is 0 Å². The Morgan fingerprint density at radius 3 is 2.32 bits per heavy atom. The summed E-state index contributed by atoms with van der Waals surface area (Å²) in [4.78, 5) is 4.55. The lowest BCUT2D eigenvalue weighted by atomic mass is 10.0. The predicted octanol–water partition coefficient (Wildman–Crippen LogP) is 3.07. The van der Waals surface area contributed by atoms with Crippen molar-refractivity contribution in [2.45, 2.75) is 31.1 Å². The lowest BCUT2D eigenvalue weighted by molar-refractivity contribution is 0.471. The van der Waals surface area contributed by atoms with Gasteiger partial charge in [-0.05, 0) is 35.7 Å². The van der Waals surface area contributed by atoms with Crippen LogP contribution in [0.3, 0.4) is 0 Å². The zero-order valence-electron chi connectivity index (χ0n) is 13.2. The molecule has 0 bridgehead atoms. The first kappa shape index (κ1) is 16.6. The Bertz CT molecular complexity index is 695. The van der Waals surface area contributed by atoms with Crippen molar-refractivity contribution in [3.05, 3.63) is 59.9 Å². The van der Waals surface area contributed by atoms with Crippen molar-refractivity contribution in [1.29, 1.82) is 0 Å². The van der Waals surface area contributed by atoms with Gasteiger partial charge in [0.05, 0.1) is 4.90 Å². The van der Waals surface area contributed by atoms with Crippen molar-refractivity contribution >= 4 is 10.0 Å². The number of hydrogen-bond acceptors (Lipinski definition) is 3. The highest BCUT2D eigenvalue weighted by molar-refractivity contribution is 7.89. The number of nitrogens with zero attached hydrogens (tertiary/aromatic N) is 2. The Hall–Kier alpha value is -1.72. The van der Waals surface area contributed by atoms with E-state index < -0.39 is 10.0 Å². The van der Waals surface area contributed by atoms with Gasteiger partial charge in [-0.3, -0.25) is 4.98 Å². The second-order valence-corrected chi connectivity index (χ2v) is 7.67. The smallest absolute Gasteiger partial charge is 0.242 e. The molecule has 5 heteroatoms. The SMILES string of the molecule is CC(C)c1ccc(S(=O)(=O)N(C)CCc2ccccn2)cc1. The molecule has 0 N–H and O–H groups in total. The van der Waals surface area contributed by atoms with Crippen molar-refractivity contribution in [1.82, 2.24) is 9.29 Å². The van der Waals surface area contributed by atoms with E-state index >= 15 is 0 Å². The summed E-state index contributed by atoms with van der Waals surface area (Å²) in [5.74, 6) is 0.388. The van der Waals surface area contributed by atoms with Gasteiger partial charge in [-0.25, -0.2) is 12.7 Å². The van der Waals surface area contributed by atoms with Crippen molar-refractivity contribution in [3.8, 4) is 0 Å². The minimum Gasteiger partial charge on any atom is -0.261 e.